The largest absolute Gasteiger partial charge is 0.527 e. The van der Waals surface area contributed by atoms with E-state index < -0.39 is 46.5 Å². The van der Waals surface area contributed by atoms with Gasteiger partial charge in [0, 0.05) is 6.42 Å². The van der Waals surface area contributed by atoms with Crippen LogP contribution in [0.1, 0.15) is 12.8 Å². The van der Waals surface area contributed by atoms with Gasteiger partial charge in [-0.25, -0.2) is 13.9 Å². The molecule has 14 heteroatoms. The van der Waals surface area contributed by atoms with Gasteiger partial charge >= 0.3 is 27.6 Å². The smallest absolute Gasteiger partial charge is 0.412 e. The van der Waals surface area contributed by atoms with Gasteiger partial charge in [0.25, 0.3) is 0 Å². The lowest BCUT2D eigenvalue weighted by Crippen LogP contribution is -2.32. The summed E-state index contributed by atoms with van der Waals surface area (Å²) in [5, 5.41) is 0. The van der Waals surface area contributed by atoms with E-state index in [1.54, 1.807) is 0 Å². The fourth-order valence-corrected chi connectivity index (χ4v) is 1.48. The highest BCUT2D eigenvalue weighted by atomic mass is 31.2. The third-order valence-electron chi connectivity index (χ3n) is 1.39. The Balaban J connectivity index is 0. The number of carbonyl (C=O) groups is 2. The second-order valence-corrected chi connectivity index (χ2v) is 5.33. The molecule has 0 spiro atoms. The van der Waals surface area contributed by atoms with E-state index in [0.717, 1.165) is 0 Å². The van der Waals surface area contributed by atoms with Crippen molar-refractivity contribution in [1.82, 2.24) is 0 Å². The van der Waals surface area contributed by atoms with Gasteiger partial charge in [-0.05, 0) is 6.42 Å². The van der Waals surface area contributed by atoms with E-state index in [-0.39, 0.29) is 5.48 Å². The van der Waals surface area contributed by atoms with Gasteiger partial charge in [-0.2, -0.15) is 0 Å². The summed E-state index contributed by atoms with van der Waals surface area (Å²) in [5.41, 5.74) is 5.12. The van der Waals surface area contributed by atoms with Crippen molar-refractivity contribution < 1.29 is 52.8 Å². The molecule has 8 N–H and O–H groups in total. The molecule has 12 nitrogen and oxygen atoms in total. The summed E-state index contributed by atoms with van der Waals surface area (Å²) in [4.78, 5) is 54.8. The molecule has 0 aromatic rings. The maximum absolute atomic E-state index is 10.9. The van der Waals surface area contributed by atoms with Crippen LogP contribution >= 0.6 is 15.6 Å². The summed E-state index contributed by atoms with van der Waals surface area (Å²) in [5.74, 6) is -2.77. The zero-order valence-electron chi connectivity index (χ0n) is 9.20. The van der Waals surface area contributed by atoms with Gasteiger partial charge in [0.1, 0.15) is 6.04 Å². The average molecular weight is 325 g/mol. The molecule has 0 aromatic heterocycles. The highest BCUT2D eigenvalue weighted by Gasteiger charge is 2.27. The molecule has 114 valence electrons. The summed E-state index contributed by atoms with van der Waals surface area (Å²) in [6, 6.07) is -1.54. The number of carbonyl (C=O) groups excluding carboxylic acids is 2. The van der Waals surface area contributed by atoms with Crippen LogP contribution in [-0.4, -0.2) is 43.0 Å². The zero-order chi connectivity index (χ0) is 14.6. The maximum atomic E-state index is 10.9. The third-order valence-corrected chi connectivity index (χ3v) is 2.25. The summed E-state index contributed by atoms with van der Waals surface area (Å²) in [6.07, 6.45) is -1.10. The monoisotopic (exact) mass is 325 g/mol. The number of nitrogens with two attached hydrogens (primary N) is 1. The Morgan fingerprint density at radius 3 is 1.84 bits per heavy atom. The van der Waals surface area contributed by atoms with Crippen molar-refractivity contribution in [2.75, 3.05) is 0 Å². The van der Waals surface area contributed by atoms with E-state index in [1.807, 2.05) is 0 Å². The molecule has 0 fully saturated rings. The molecule has 0 unspecified atom stereocenters. The molecule has 19 heavy (non-hydrogen) atoms. The highest BCUT2D eigenvalue weighted by Crippen LogP contribution is 2.37. The second-order valence-electron chi connectivity index (χ2n) is 3.00. The van der Waals surface area contributed by atoms with E-state index in [9.17, 15) is 18.7 Å². The average Bonchev–Trinajstić information content (AvgIpc) is 2.08. The summed E-state index contributed by atoms with van der Waals surface area (Å²) in [7, 11) is -10.00. The first-order valence-electron chi connectivity index (χ1n) is 4.23. The van der Waals surface area contributed by atoms with Gasteiger partial charge in [-0.15, -0.1) is 0 Å². The Hall–Kier alpha value is -0.840. The minimum absolute atomic E-state index is 0. The van der Waals surface area contributed by atoms with Crippen LogP contribution in [-0.2, 0) is 27.8 Å². The van der Waals surface area contributed by atoms with E-state index in [0.29, 0.717) is 0 Å². The molecule has 0 rings (SSSR count). The Bertz CT molecular complexity index is 409. The first-order chi connectivity index (χ1) is 7.91. The molecule has 0 saturated heterocycles. The van der Waals surface area contributed by atoms with Gasteiger partial charge in [0.15, 0.2) is 0 Å². The zero-order valence-corrected chi connectivity index (χ0v) is 11.0. The summed E-state index contributed by atoms with van der Waals surface area (Å²) < 4.78 is 27.8. The Morgan fingerprint density at radius 2 is 1.47 bits per heavy atom. The summed E-state index contributed by atoms with van der Waals surface area (Å²) in [6.45, 7) is 0. The fraction of sp³-hybridized carbons (Fsp3) is 0.600. The lowest BCUT2D eigenvalue weighted by Gasteiger charge is -2.11. The van der Waals surface area contributed by atoms with Crippen LogP contribution in [0.3, 0.4) is 0 Å². The van der Waals surface area contributed by atoms with E-state index >= 15 is 0 Å². The van der Waals surface area contributed by atoms with E-state index in [2.05, 4.69) is 9.05 Å². The van der Waals surface area contributed by atoms with Crippen molar-refractivity contribution in [2.24, 2.45) is 5.73 Å². The van der Waals surface area contributed by atoms with Crippen molar-refractivity contribution in [1.29, 1.82) is 0 Å². The van der Waals surface area contributed by atoms with Crippen LogP contribution in [0.5, 0.6) is 0 Å². The molecule has 1 atom stereocenters. The van der Waals surface area contributed by atoms with E-state index in [1.165, 1.54) is 0 Å². The molecule has 0 aliphatic carbocycles. The Kier molecular flexibility index (Phi) is 8.27. The molecular weight excluding hydrogens is 312 g/mol. The summed E-state index contributed by atoms with van der Waals surface area (Å²) >= 11 is 0. The van der Waals surface area contributed by atoms with Crippen molar-refractivity contribution in [3.05, 3.63) is 0 Å². The van der Waals surface area contributed by atoms with Crippen molar-refractivity contribution in [3.63, 3.8) is 0 Å². The maximum Gasteiger partial charge on any atom is 0.527 e. The number of hydrogen-bond acceptors (Lipinski definition) is 7. The topological polar surface area (TPSA) is 225 Å². The van der Waals surface area contributed by atoms with Gasteiger partial charge in [0.05, 0.1) is 0 Å². The molecule has 0 bridgehead atoms. The van der Waals surface area contributed by atoms with Crippen LogP contribution in [0.15, 0.2) is 0 Å². The lowest BCUT2D eigenvalue weighted by molar-refractivity contribution is -0.138. The van der Waals surface area contributed by atoms with Gasteiger partial charge in [-0.1, -0.05) is 0 Å². The SMILES string of the molecule is N[C@@H](CCC(=O)OP(=O)(O)O)C(=O)OP(=O)(O)O.O. The Labute approximate surface area is 106 Å². The molecule has 0 saturated carbocycles. The van der Waals surface area contributed by atoms with Crippen molar-refractivity contribution >= 4 is 27.6 Å². The molecular formula is C5H13NO11P2. The molecule has 0 heterocycles. The van der Waals surface area contributed by atoms with Crippen LogP contribution in [0.4, 0.5) is 0 Å². The Morgan fingerprint density at radius 1 is 1.05 bits per heavy atom. The van der Waals surface area contributed by atoms with Crippen LogP contribution < -0.4 is 5.73 Å². The second kappa shape index (κ2) is 7.68. The van der Waals surface area contributed by atoms with Crippen molar-refractivity contribution in [3.8, 4) is 0 Å². The number of phosphoric ester groups is 2. The quantitative estimate of drug-likeness (QED) is 0.322. The predicted octanol–water partition coefficient (Wildman–Crippen LogP) is -2.46. The molecule has 0 aromatic carbocycles. The van der Waals surface area contributed by atoms with Crippen molar-refractivity contribution in [2.45, 2.75) is 18.9 Å². The molecule has 0 radical (unpaired) electrons. The number of hydrogen-bond donors (Lipinski definition) is 5. The molecule has 0 aliphatic heterocycles. The third kappa shape index (κ3) is 12.0. The van der Waals surface area contributed by atoms with Crippen LogP contribution in [0.2, 0.25) is 0 Å². The predicted molar refractivity (Wildman–Crippen MR) is 57.1 cm³/mol. The van der Waals surface area contributed by atoms with Gasteiger partial charge in [0.2, 0.25) is 0 Å². The number of phosphoric acid groups is 2. The van der Waals surface area contributed by atoms with E-state index in [4.69, 9.17) is 25.3 Å². The minimum Gasteiger partial charge on any atom is -0.412 e. The normalized spacial score (nSPS) is 13.1. The first kappa shape index (κ1) is 20.5. The van der Waals surface area contributed by atoms with Gasteiger partial charge < -0.3 is 20.3 Å². The number of rotatable bonds is 6. The first-order valence-corrected chi connectivity index (χ1v) is 7.29. The minimum atomic E-state index is -5.03. The molecule has 0 aliphatic rings. The van der Waals surface area contributed by atoms with Crippen LogP contribution in [0, 0.1) is 0 Å². The molecule has 0 amide bonds. The highest BCUT2D eigenvalue weighted by molar-refractivity contribution is 7.47. The standard InChI is InChI=1S/C5H11NO10P2.H2O/c6-3(5(8)16-18(12,13)14)1-2-4(7)15-17(9,10)11;/h3H,1-2,6H2,(H2,9,10,11)(H2,12,13,14);1H2/t3-;/m0./s1. The lowest BCUT2D eigenvalue weighted by atomic mass is 10.2. The van der Waals surface area contributed by atoms with Crippen LogP contribution in [0.25, 0.3) is 0 Å². The fourth-order valence-electron chi connectivity index (χ4n) is 0.754. The van der Waals surface area contributed by atoms with Gasteiger partial charge in [-0.3, -0.25) is 24.4 Å².